The lowest BCUT2D eigenvalue weighted by atomic mass is 10.1. The second-order valence-electron chi connectivity index (χ2n) is 6.86. The van der Waals surface area contributed by atoms with E-state index in [0.717, 1.165) is 42.8 Å². The van der Waals surface area contributed by atoms with Crippen LogP contribution in [-0.4, -0.2) is 46.5 Å². The highest BCUT2D eigenvalue weighted by molar-refractivity contribution is 5.94. The number of fused-ring (bicyclic) bond motifs is 1. The van der Waals surface area contributed by atoms with Crippen LogP contribution in [0.5, 0.6) is 0 Å². The third-order valence-corrected chi connectivity index (χ3v) is 5.01. The summed E-state index contributed by atoms with van der Waals surface area (Å²) in [6, 6.07) is 16.0. The van der Waals surface area contributed by atoms with Crippen LogP contribution < -0.4 is 5.32 Å². The fourth-order valence-electron chi connectivity index (χ4n) is 3.53. The van der Waals surface area contributed by atoms with Crippen LogP contribution in [0.4, 0.5) is 0 Å². The second-order valence-corrected chi connectivity index (χ2v) is 6.86. The van der Waals surface area contributed by atoms with E-state index in [1.807, 2.05) is 48.8 Å². The monoisotopic (exact) mass is 348 g/mol. The van der Waals surface area contributed by atoms with Gasteiger partial charge in [0, 0.05) is 25.2 Å². The van der Waals surface area contributed by atoms with Crippen molar-refractivity contribution < 1.29 is 4.79 Å². The van der Waals surface area contributed by atoms with Crippen molar-refractivity contribution >= 4 is 16.9 Å². The van der Waals surface area contributed by atoms with Gasteiger partial charge < -0.3 is 14.8 Å². The zero-order chi connectivity index (χ0) is 17.8. The molecule has 3 aromatic rings. The maximum Gasteiger partial charge on any atom is 0.251 e. The lowest BCUT2D eigenvalue weighted by Gasteiger charge is -2.14. The molecular formula is C21H24N4O. The van der Waals surface area contributed by atoms with Gasteiger partial charge in [-0.25, -0.2) is 4.98 Å². The van der Waals surface area contributed by atoms with Crippen molar-refractivity contribution in [2.24, 2.45) is 0 Å². The van der Waals surface area contributed by atoms with E-state index >= 15 is 0 Å². The van der Waals surface area contributed by atoms with Crippen LogP contribution >= 0.6 is 0 Å². The lowest BCUT2D eigenvalue weighted by Crippen LogP contribution is -2.33. The van der Waals surface area contributed by atoms with Crippen molar-refractivity contribution in [1.29, 1.82) is 0 Å². The molecule has 0 spiro atoms. The van der Waals surface area contributed by atoms with Gasteiger partial charge in [-0.1, -0.05) is 24.3 Å². The van der Waals surface area contributed by atoms with Crippen LogP contribution in [0.2, 0.25) is 0 Å². The number of nitrogens with zero attached hydrogens (tertiary/aromatic N) is 3. The molecule has 5 nitrogen and oxygen atoms in total. The Labute approximate surface area is 153 Å². The number of benzene rings is 2. The molecule has 0 atom stereocenters. The minimum Gasteiger partial charge on any atom is -0.351 e. The molecule has 2 heterocycles. The average Bonchev–Trinajstić information content (AvgIpc) is 3.33. The summed E-state index contributed by atoms with van der Waals surface area (Å²) < 4.78 is 2.13. The van der Waals surface area contributed by atoms with E-state index < -0.39 is 0 Å². The summed E-state index contributed by atoms with van der Waals surface area (Å²) in [6.07, 6.45) is 4.42. The first-order valence-electron chi connectivity index (χ1n) is 9.29. The van der Waals surface area contributed by atoms with E-state index in [-0.39, 0.29) is 5.91 Å². The Hall–Kier alpha value is -2.66. The molecule has 1 saturated heterocycles. The van der Waals surface area contributed by atoms with Crippen molar-refractivity contribution in [1.82, 2.24) is 19.8 Å². The summed E-state index contributed by atoms with van der Waals surface area (Å²) in [5.41, 5.74) is 3.99. The smallest absolute Gasteiger partial charge is 0.251 e. The molecule has 0 unspecified atom stereocenters. The fourth-order valence-corrected chi connectivity index (χ4v) is 3.53. The van der Waals surface area contributed by atoms with Gasteiger partial charge in [0.25, 0.3) is 5.91 Å². The Morgan fingerprint density at radius 2 is 1.81 bits per heavy atom. The molecule has 1 aromatic heterocycles. The highest BCUT2D eigenvalue weighted by atomic mass is 16.1. The zero-order valence-electron chi connectivity index (χ0n) is 14.9. The minimum atomic E-state index is 0.00354. The highest BCUT2D eigenvalue weighted by Crippen LogP contribution is 2.14. The van der Waals surface area contributed by atoms with E-state index in [2.05, 4.69) is 25.8 Å². The van der Waals surface area contributed by atoms with Gasteiger partial charge in [-0.3, -0.25) is 4.79 Å². The molecule has 1 amide bonds. The summed E-state index contributed by atoms with van der Waals surface area (Å²) >= 11 is 0. The van der Waals surface area contributed by atoms with E-state index in [1.165, 1.54) is 12.8 Å². The second kappa shape index (κ2) is 7.70. The number of aromatic nitrogens is 2. The molecule has 1 aliphatic rings. The van der Waals surface area contributed by atoms with Crippen LogP contribution in [0.25, 0.3) is 11.0 Å². The van der Waals surface area contributed by atoms with Gasteiger partial charge in [-0.05, 0) is 55.8 Å². The molecule has 2 aromatic carbocycles. The number of carbonyl (C=O) groups excluding carboxylic acids is 1. The first-order chi connectivity index (χ1) is 12.8. The Morgan fingerprint density at radius 3 is 2.62 bits per heavy atom. The van der Waals surface area contributed by atoms with Crippen LogP contribution in [0.1, 0.15) is 28.8 Å². The van der Waals surface area contributed by atoms with Crippen LogP contribution in [0.3, 0.4) is 0 Å². The average molecular weight is 348 g/mol. The minimum absolute atomic E-state index is 0.00354. The van der Waals surface area contributed by atoms with Crippen molar-refractivity contribution in [2.75, 3.05) is 26.2 Å². The van der Waals surface area contributed by atoms with E-state index in [1.54, 1.807) is 0 Å². The summed E-state index contributed by atoms with van der Waals surface area (Å²) in [5, 5.41) is 3.02. The van der Waals surface area contributed by atoms with Crippen LogP contribution in [-0.2, 0) is 6.54 Å². The summed E-state index contributed by atoms with van der Waals surface area (Å²) in [5.74, 6) is 0.00354. The van der Waals surface area contributed by atoms with Crippen molar-refractivity contribution in [2.45, 2.75) is 19.4 Å². The molecular weight excluding hydrogens is 324 g/mol. The Kier molecular flexibility index (Phi) is 4.97. The number of imidazole rings is 1. The van der Waals surface area contributed by atoms with Crippen molar-refractivity contribution in [3.63, 3.8) is 0 Å². The number of amides is 1. The van der Waals surface area contributed by atoms with Crippen molar-refractivity contribution in [3.8, 4) is 0 Å². The molecule has 1 fully saturated rings. The molecule has 134 valence electrons. The largest absolute Gasteiger partial charge is 0.351 e. The van der Waals surface area contributed by atoms with Gasteiger partial charge in [0.2, 0.25) is 0 Å². The summed E-state index contributed by atoms with van der Waals surface area (Å²) in [7, 11) is 0. The Morgan fingerprint density at radius 1 is 1.04 bits per heavy atom. The maximum atomic E-state index is 12.3. The lowest BCUT2D eigenvalue weighted by molar-refractivity contribution is 0.0949. The number of likely N-dealkylation sites (tertiary alicyclic amines) is 1. The zero-order valence-corrected chi connectivity index (χ0v) is 14.9. The van der Waals surface area contributed by atoms with Gasteiger partial charge >= 0.3 is 0 Å². The first kappa shape index (κ1) is 16.8. The molecule has 1 aliphatic heterocycles. The SMILES string of the molecule is O=C(NCCN1CCCC1)c1ccc(Cn2cnc3ccccc32)cc1. The van der Waals surface area contributed by atoms with E-state index in [0.29, 0.717) is 12.1 Å². The molecule has 0 bridgehead atoms. The predicted octanol–water partition coefficient (Wildman–Crippen LogP) is 2.91. The predicted molar refractivity (Wildman–Crippen MR) is 103 cm³/mol. The Bertz CT molecular complexity index is 878. The molecule has 0 aliphatic carbocycles. The molecule has 26 heavy (non-hydrogen) atoms. The third kappa shape index (κ3) is 3.78. The fraction of sp³-hybridized carbons (Fsp3) is 0.333. The van der Waals surface area contributed by atoms with Gasteiger partial charge in [0.15, 0.2) is 0 Å². The van der Waals surface area contributed by atoms with E-state index in [9.17, 15) is 4.79 Å². The number of rotatable bonds is 6. The van der Waals surface area contributed by atoms with Gasteiger partial charge in [0.1, 0.15) is 0 Å². The van der Waals surface area contributed by atoms with Crippen LogP contribution in [0, 0.1) is 0 Å². The van der Waals surface area contributed by atoms with Gasteiger partial charge in [0.05, 0.1) is 17.4 Å². The van der Waals surface area contributed by atoms with Crippen LogP contribution in [0.15, 0.2) is 54.9 Å². The number of para-hydroxylation sites is 2. The quantitative estimate of drug-likeness (QED) is 0.745. The summed E-state index contributed by atoms with van der Waals surface area (Å²) in [6.45, 7) is 4.72. The molecule has 0 saturated carbocycles. The molecule has 0 radical (unpaired) electrons. The maximum absolute atomic E-state index is 12.3. The first-order valence-corrected chi connectivity index (χ1v) is 9.29. The molecule has 1 N–H and O–H groups in total. The number of carbonyl (C=O) groups is 1. The van der Waals surface area contributed by atoms with E-state index in [4.69, 9.17) is 0 Å². The number of hydrogen-bond acceptors (Lipinski definition) is 3. The van der Waals surface area contributed by atoms with Gasteiger partial charge in [-0.15, -0.1) is 0 Å². The van der Waals surface area contributed by atoms with Crippen molar-refractivity contribution in [3.05, 3.63) is 66.0 Å². The molecule has 5 heteroatoms. The third-order valence-electron chi connectivity index (χ3n) is 5.01. The number of nitrogens with one attached hydrogen (secondary N) is 1. The number of hydrogen-bond donors (Lipinski definition) is 1. The highest BCUT2D eigenvalue weighted by Gasteiger charge is 2.12. The molecule has 4 rings (SSSR count). The van der Waals surface area contributed by atoms with Gasteiger partial charge in [-0.2, -0.15) is 0 Å². The normalized spacial score (nSPS) is 14.8. The summed E-state index contributed by atoms with van der Waals surface area (Å²) in [4.78, 5) is 19.1. The standard InChI is InChI=1S/C21H24N4O/c26-21(22-11-14-24-12-3-4-13-24)18-9-7-17(8-10-18)15-25-16-23-19-5-1-2-6-20(19)25/h1-2,5-10,16H,3-4,11-15H2,(H,22,26). The topological polar surface area (TPSA) is 50.2 Å². The Balaban J connectivity index is 1.34.